The molecule has 2 aromatic heterocycles. The van der Waals surface area contributed by atoms with Crippen LogP contribution in [0.5, 0.6) is 0 Å². The molecule has 0 aliphatic rings. The predicted octanol–water partition coefficient (Wildman–Crippen LogP) is 2.93. The van der Waals surface area contributed by atoms with E-state index in [0.29, 0.717) is 10.8 Å². The minimum absolute atomic E-state index is 0.464. The molecule has 0 amide bonds. The van der Waals surface area contributed by atoms with Crippen LogP contribution >= 0.6 is 11.6 Å². The standard InChI is InChI=1S/C10H7ClN2/c1-2-7-5-8-3-4-9(11)13-10(8)12-6-7/h2-6H,1H2. The first-order chi connectivity index (χ1) is 6.29. The fourth-order valence-electron chi connectivity index (χ4n) is 1.12. The second-order valence-electron chi connectivity index (χ2n) is 2.65. The number of rotatable bonds is 1. The van der Waals surface area contributed by atoms with Crippen molar-refractivity contribution in [2.24, 2.45) is 0 Å². The van der Waals surface area contributed by atoms with Crippen molar-refractivity contribution in [3.8, 4) is 0 Å². The Kier molecular flexibility index (Phi) is 1.99. The summed E-state index contributed by atoms with van der Waals surface area (Å²) >= 11 is 5.72. The van der Waals surface area contributed by atoms with Gasteiger partial charge in [0.1, 0.15) is 5.15 Å². The molecule has 0 unspecified atom stereocenters. The second-order valence-corrected chi connectivity index (χ2v) is 3.04. The van der Waals surface area contributed by atoms with Crippen LogP contribution in [0.4, 0.5) is 0 Å². The largest absolute Gasteiger partial charge is 0.236 e. The molecule has 0 saturated carbocycles. The van der Waals surface area contributed by atoms with Crippen molar-refractivity contribution in [1.29, 1.82) is 0 Å². The lowest BCUT2D eigenvalue weighted by Gasteiger charge is -1.97. The van der Waals surface area contributed by atoms with E-state index in [9.17, 15) is 0 Å². The van der Waals surface area contributed by atoms with E-state index in [1.807, 2.05) is 12.1 Å². The van der Waals surface area contributed by atoms with Crippen LogP contribution in [0.15, 0.2) is 31.0 Å². The van der Waals surface area contributed by atoms with Crippen LogP contribution in [0, 0.1) is 0 Å². The Bertz CT molecular complexity index is 465. The van der Waals surface area contributed by atoms with Crippen LogP contribution < -0.4 is 0 Å². The number of halogens is 1. The molecule has 2 heterocycles. The Morgan fingerprint density at radius 3 is 3.00 bits per heavy atom. The van der Waals surface area contributed by atoms with Gasteiger partial charge in [0.25, 0.3) is 0 Å². The van der Waals surface area contributed by atoms with Crippen molar-refractivity contribution < 1.29 is 0 Å². The maximum absolute atomic E-state index is 5.72. The average molecular weight is 191 g/mol. The molecule has 0 saturated heterocycles. The van der Waals surface area contributed by atoms with E-state index in [4.69, 9.17) is 11.6 Å². The van der Waals surface area contributed by atoms with Crippen LogP contribution in [0.1, 0.15) is 5.56 Å². The fraction of sp³-hybridized carbons (Fsp3) is 0. The lowest BCUT2D eigenvalue weighted by molar-refractivity contribution is 1.28. The van der Waals surface area contributed by atoms with E-state index < -0.39 is 0 Å². The van der Waals surface area contributed by atoms with Crippen LogP contribution in [0.25, 0.3) is 17.1 Å². The third-order valence-corrected chi connectivity index (χ3v) is 1.98. The number of pyridine rings is 2. The number of hydrogen-bond acceptors (Lipinski definition) is 2. The lowest BCUT2D eigenvalue weighted by atomic mass is 10.2. The van der Waals surface area contributed by atoms with Crippen molar-refractivity contribution in [1.82, 2.24) is 9.97 Å². The summed E-state index contributed by atoms with van der Waals surface area (Å²) in [6.07, 6.45) is 3.47. The summed E-state index contributed by atoms with van der Waals surface area (Å²) in [6, 6.07) is 5.61. The molecule has 0 aliphatic carbocycles. The highest BCUT2D eigenvalue weighted by Crippen LogP contribution is 2.14. The molecular weight excluding hydrogens is 184 g/mol. The van der Waals surface area contributed by atoms with Gasteiger partial charge < -0.3 is 0 Å². The van der Waals surface area contributed by atoms with Gasteiger partial charge in [0.05, 0.1) is 0 Å². The summed E-state index contributed by atoms with van der Waals surface area (Å²) in [7, 11) is 0. The maximum atomic E-state index is 5.72. The molecule has 0 aliphatic heterocycles. The first kappa shape index (κ1) is 8.20. The highest BCUT2D eigenvalue weighted by atomic mass is 35.5. The summed E-state index contributed by atoms with van der Waals surface area (Å²) in [5, 5.41) is 1.44. The Hall–Kier alpha value is -1.41. The molecule has 0 N–H and O–H groups in total. The van der Waals surface area contributed by atoms with E-state index in [1.165, 1.54) is 0 Å². The summed E-state index contributed by atoms with van der Waals surface area (Å²) in [4.78, 5) is 8.22. The van der Waals surface area contributed by atoms with Crippen molar-refractivity contribution in [3.05, 3.63) is 41.7 Å². The van der Waals surface area contributed by atoms with Gasteiger partial charge in [-0.2, -0.15) is 0 Å². The number of hydrogen-bond donors (Lipinski definition) is 0. The van der Waals surface area contributed by atoms with Gasteiger partial charge in [-0.15, -0.1) is 0 Å². The molecule has 64 valence electrons. The maximum Gasteiger partial charge on any atom is 0.160 e. The number of aromatic nitrogens is 2. The highest BCUT2D eigenvalue weighted by molar-refractivity contribution is 6.29. The molecule has 0 fully saturated rings. The number of fused-ring (bicyclic) bond motifs is 1. The molecule has 0 bridgehead atoms. The van der Waals surface area contributed by atoms with Gasteiger partial charge in [0.15, 0.2) is 5.65 Å². The van der Waals surface area contributed by atoms with Gasteiger partial charge in [0.2, 0.25) is 0 Å². The van der Waals surface area contributed by atoms with Crippen LogP contribution in [0.3, 0.4) is 0 Å². The Morgan fingerprint density at radius 2 is 2.23 bits per heavy atom. The highest BCUT2D eigenvalue weighted by Gasteiger charge is 1.97. The van der Waals surface area contributed by atoms with Crippen molar-refractivity contribution in [3.63, 3.8) is 0 Å². The van der Waals surface area contributed by atoms with E-state index >= 15 is 0 Å². The molecule has 2 nitrogen and oxygen atoms in total. The fourth-order valence-corrected chi connectivity index (χ4v) is 1.26. The van der Waals surface area contributed by atoms with Gasteiger partial charge in [-0.1, -0.05) is 24.3 Å². The minimum atomic E-state index is 0.464. The zero-order chi connectivity index (χ0) is 9.26. The zero-order valence-corrected chi connectivity index (χ0v) is 7.62. The van der Waals surface area contributed by atoms with Gasteiger partial charge in [-0.05, 0) is 23.8 Å². The SMILES string of the molecule is C=Cc1cnc2nc(Cl)ccc2c1. The average Bonchev–Trinajstić information content (AvgIpc) is 2.17. The smallest absolute Gasteiger partial charge is 0.160 e. The van der Waals surface area contributed by atoms with E-state index in [1.54, 1.807) is 18.3 Å². The second kappa shape index (κ2) is 3.15. The van der Waals surface area contributed by atoms with Crippen LogP contribution in [0.2, 0.25) is 5.15 Å². The van der Waals surface area contributed by atoms with E-state index in [0.717, 1.165) is 10.9 Å². The third kappa shape index (κ3) is 1.53. The first-order valence-electron chi connectivity index (χ1n) is 3.84. The quantitative estimate of drug-likeness (QED) is 0.647. The summed E-state index contributed by atoms with van der Waals surface area (Å²) in [5.74, 6) is 0. The molecule has 2 aromatic rings. The van der Waals surface area contributed by atoms with Gasteiger partial charge in [-0.3, -0.25) is 0 Å². The molecule has 13 heavy (non-hydrogen) atoms. The Labute approximate surface area is 80.9 Å². The van der Waals surface area contributed by atoms with Gasteiger partial charge in [0, 0.05) is 11.6 Å². The number of nitrogens with zero attached hydrogens (tertiary/aromatic N) is 2. The third-order valence-electron chi connectivity index (χ3n) is 1.77. The van der Waals surface area contributed by atoms with Crippen LogP contribution in [-0.2, 0) is 0 Å². The van der Waals surface area contributed by atoms with Crippen molar-refractivity contribution >= 4 is 28.7 Å². The van der Waals surface area contributed by atoms with Crippen LogP contribution in [-0.4, -0.2) is 9.97 Å². The summed E-state index contributed by atoms with van der Waals surface area (Å²) in [5.41, 5.74) is 1.65. The molecule has 3 heteroatoms. The molecule has 0 radical (unpaired) electrons. The first-order valence-corrected chi connectivity index (χ1v) is 4.22. The molecule has 0 atom stereocenters. The zero-order valence-electron chi connectivity index (χ0n) is 6.87. The Balaban J connectivity index is 2.73. The summed E-state index contributed by atoms with van der Waals surface area (Å²) < 4.78 is 0. The molecule has 0 aromatic carbocycles. The monoisotopic (exact) mass is 190 g/mol. The van der Waals surface area contributed by atoms with Gasteiger partial charge >= 0.3 is 0 Å². The van der Waals surface area contributed by atoms with E-state index in [-0.39, 0.29) is 0 Å². The van der Waals surface area contributed by atoms with Gasteiger partial charge in [-0.25, -0.2) is 9.97 Å². The van der Waals surface area contributed by atoms with Crippen molar-refractivity contribution in [2.75, 3.05) is 0 Å². The summed E-state index contributed by atoms with van der Waals surface area (Å²) in [6.45, 7) is 3.67. The molecule has 2 rings (SSSR count). The normalized spacial score (nSPS) is 10.2. The minimum Gasteiger partial charge on any atom is -0.236 e. The topological polar surface area (TPSA) is 25.8 Å². The molecule has 0 spiro atoms. The lowest BCUT2D eigenvalue weighted by Crippen LogP contribution is -1.84. The Morgan fingerprint density at radius 1 is 1.38 bits per heavy atom. The van der Waals surface area contributed by atoms with Crippen molar-refractivity contribution in [2.45, 2.75) is 0 Å². The van der Waals surface area contributed by atoms with E-state index in [2.05, 4.69) is 16.5 Å². The predicted molar refractivity (Wildman–Crippen MR) is 54.6 cm³/mol. The molecular formula is C10H7ClN2.